The molecule has 140 valence electrons. The smallest absolute Gasteiger partial charge is 0.258 e. The molecule has 1 amide bonds. The number of rotatable bonds is 6. The molecule has 9 heteroatoms. The molecule has 0 aromatic heterocycles. The summed E-state index contributed by atoms with van der Waals surface area (Å²) in [6.07, 6.45) is 0. The van der Waals surface area contributed by atoms with Crippen molar-refractivity contribution in [2.45, 2.75) is 11.8 Å². The molecule has 2 aromatic rings. The highest BCUT2D eigenvalue weighted by Crippen LogP contribution is 2.27. The van der Waals surface area contributed by atoms with Crippen LogP contribution in [0.2, 0.25) is 5.02 Å². The molecule has 0 aliphatic heterocycles. The van der Waals surface area contributed by atoms with Crippen molar-refractivity contribution in [1.29, 1.82) is 0 Å². The summed E-state index contributed by atoms with van der Waals surface area (Å²) in [7, 11) is -0.868. The first-order chi connectivity index (χ1) is 12.2. The lowest BCUT2D eigenvalue weighted by molar-refractivity contribution is 0.102. The first kappa shape index (κ1) is 20.2. The van der Waals surface area contributed by atoms with Gasteiger partial charge in [0.15, 0.2) is 0 Å². The van der Waals surface area contributed by atoms with Gasteiger partial charge < -0.3 is 10.6 Å². The maximum Gasteiger partial charge on any atom is 0.258 e. The van der Waals surface area contributed by atoms with Crippen molar-refractivity contribution < 1.29 is 17.6 Å². The lowest BCUT2D eigenvalue weighted by atomic mass is 10.2. The summed E-state index contributed by atoms with van der Waals surface area (Å²) in [5, 5.41) is 5.79. The fraction of sp³-hybridized carbons (Fsp3) is 0.235. The Kier molecular flexibility index (Phi) is 6.22. The van der Waals surface area contributed by atoms with Crippen LogP contribution in [0.4, 0.5) is 15.8 Å². The lowest BCUT2D eigenvalue weighted by Crippen LogP contribution is -2.23. The van der Waals surface area contributed by atoms with E-state index in [2.05, 4.69) is 10.6 Å². The second kappa shape index (κ2) is 8.03. The number of amides is 1. The lowest BCUT2D eigenvalue weighted by Gasteiger charge is -2.16. The molecule has 0 saturated carbocycles. The number of sulfonamides is 1. The molecule has 0 unspecified atom stereocenters. The number of hydrogen-bond donors (Lipinski definition) is 2. The summed E-state index contributed by atoms with van der Waals surface area (Å²) >= 11 is 5.82. The summed E-state index contributed by atoms with van der Waals surface area (Å²) < 4.78 is 39.6. The van der Waals surface area contributed by atoms with Crippen molar-refractivity contribution in [1.82, 2.24) is 4.31 Å². The van der Waals surface area contributed by atoms with Gasteiger partial charge >= 0.3 is 0 Å². The number of anilines is 2. The molecule has 0 aliphatic rings. The molecule has 0 heterocycles. The van der Waals surface area contributed by atoms with Crippen LogP contribution in [0.5, 0.6) is 0 Å². The van der Waals surface area contributed by atoms with E-state index in [0.717, 1.165) is 10.4 Å². The predicted octanol–water partition coefficient (Wildman–Crippen LogP) is 3.41. The number of carbonyl (C=O) groups is 1. The second-order valence-electron chi connectivity index (χ2n) is 5.60. The van der Waals surface area contributed by atoms with Crippen molar-refractivity contribution in [3.05, 3.63) is 52.8 Å². The van der Waals surface area contributed by atoms with Crippen LogP contribution in [0.25, 0.3) is 0 Å². The van der Waals surface area contributed by atoms with Crippen LogP contribution in [0.1, 0.15) is 17.3 Å². The molecule has 0 atom stereocenters. The van der Waals surface area contributed by atoms with E-state index in [1.807, 2.05) is 6.92 Å². The zero-order chi connectivity index (χ0) is 19.5. The van der Waals surface area contributed by atoms with Gasteiger partial charge in [-0.25, -0.2) is 17.1 Å². The van der Waals surface area contributed by atoms with E-state index in [1.54, 1.807) is 6.07 Å². The highest BCUT2D eigenvalue weighted by Gasteiger charge is 2.20. The van der Waals surface area contributed by atoms with Crippen LogP contribution in [0.15, 0.2) is 41.3 Å². The molecule has 0 spiro atoms. The Balaban J connectivity index is 2.46. The van der Waals surface area contributed by atoms with Gasteiger partial charge in [0.2, 0.25) is 10.0 Å². The van der Waals surface area contributed by atoms with E-state index >= 15 is 0 Å². The Morgan fingerprint density at radius 3 is 2.46 bits per heavy atom. The van der Waals surface area contributed by atoms with Gasteiger partial charge in [-0.05, 0) is 43.3 Å². The van der Waals surface area contributed by atoms with Gasteiger partial charge in [-0.3, -0.25) is 4.79 Å². The van der Waals surface area contributed by atoms with Crippen molar-refractivity contribution in [2.75, 3.05) is 31.3 Å². The Bertz CT molecular complexity index is 933. The molecule has 0 saturated heterocycles. The number of carbonyl (C=O) groups excluding carboxylic acids is 1. The van der Waals surface area contributed by atoms with Gasteiger partial charge in [-0.1, -0.05) is 11.6 Å². The molecular formula is C17H19ClFN3O3S. The van der Waals surface area contributed by atoms with E-state index in [0.29, 0.717) is 12.2 Å². The summed E-state index contributed by atoms with van der Waals surface area (Å²) in [6.45, 7) is 2.40. The third-order valence-corrected chi connectivity index (χ3v) is 5.60. The number of benzene rings is 2. The molecule has 2 rings (SSSR count). The van der Waals surface area contributed by atoms with Gasteiger partial charge in [0.1, 0.15) is 5.82 Å². The van der Waals surface area contributed by atoms with E-state index in [1.165, 1.54) is 38.4 Å². The van der Waals surface area contributed by atoms with Gasteiger partial charge in [0.05, 0.1) is 21.8 Å². The molecule has 0 fully saturated rings. The van der Waals surface area contributed by atoms with Crippen molar-refractivity contribution in [3.63, 3.8) is 0 Å². The Morgan fingerprint density at radius 2 is 1.85 bits per heavy atom. The third-order valence-electron chi connectivity index (χ3n) is 3.56. The molecular weight excluding hydrogens is 381 g/mol. The minimum Gasteiger partial charge on any atom is -0.384 e. The maximum atomic E-state index is 13.9. The van der Waals surface area contributed by atoms with Gasteiger partial charge in [-0.2, -0.15) is 0 Å². The topological polar surface area (TPSA) is 78.5 Å². The quantitative estimate of drug-likeness (QED) is 0.780. The molecule has 6 nitrogen and oxygen atoms in total. The predicted molar refractivity (Wildman–Crippen MR) is 101 cm³/mol. The fourth-order valence-electron chi connectivity index (χ4n) is 2.20. The standard InChI is InChI=1S/C17H19ClFN3O3S/c1-4-20-15-8-6-12(26(24,25)22(2)3)10-16(15)21-17(23)13-9-11(18)5-7-14(13)19/h5-10,20H,4H2,1-3H3,(H,21,23). The van der Waals surface area contributed by atoms with Crippen LogP contribution in [-0.2, 0) is 10.0 Å². The first-order valence-electron chi connectivity index (χ1n) is 7.73. The third kappa shape index (κ3) is 4.32. The van der Waals surface area contributed by atoms with Gasteiger partial charge in [-0.15, -0.1) is 0 Å². The van der Waals surface area contributed by atoms with E-state index in [-0.39, 0.29) is 21.2 Å². The van der Waals surface area contributed by atoms with Crippen LogP contribution in [0, 0.1) is 5.82 Å². The number of halogens is 2. The second-order valence-corrected chi connectivity index (χ2v) is 8.19. The molecule has 0 aliphatic carbocycles. The minimum absolute atomic E-state index is 0.00557. The highest BCUT2D eigenvalue weighted by molar-refractivity contribution is 7.89. The molecule has 0 bridgehead atoms. The normalized spacial score (nSPS) is 11.5. The molecule has 2 N–H and O–H groups in total. The van der Waals surface area contributed by atoms with Gasteiger partial charge in [0, 0.05) is 25.7 Å². The summed E-state index contributed by atoms with van der Waals surface area (Å²) in [6, 6.07) is 7.94. The zero-order valence-electron chi connectivity index (χ0n) is 14.5. The number of nitrogens with zero attached hydrogens (tertiary/aromatic N) is 1. The van der Waals surface area contributed by atoms with Gasteiger partial charge in [0.25, 0.3) is 5.91 Å². The Hall–Kier alpha value is -2.16. The molecule has 26 heavy (non-hydrogen) atoms. The Morgan fingerprint density at radius 1 is 1.15 bits per heavy atom. The van der Waals surface area contributed by atoms with Crippen LogP contribution < -0.4 is 10.6 Å². The van der Waals surface area contributed by atoms with Crippen LogP contribution in [-0.4, -0.2) is 39.3 Å². The molecule has 0 radical (unpaired) electrons. The maximum absolute atomic E-state index is 13.9. The van der Waals surface area contributed by atoms with E-state index < -0.39 is 21.7 Å². The number of hydrogen-bond acceptors (Lipinski definition) is 4. The first-order valence-corrected chi connectivity index (χ1v) is 9.55. The zero-order valence-corrected chi connectivity index (χ0v) is 16.1. The summed E-state index contributed by atoms with van der Waals surface area (Å²) in [5.74, 6) is -1.46. The fourth-order valence-corrected chi connectivity index (χ4v) is 3.30. The van der Waals surface area contributed by atoms with Crippen molar-refractivity contribution in [2.24, 2.45) is 0 Å². The van der Waals surface area contributed by atoms with Crippen LogP contribution >= 0.6 is 11.6 Å². The molecule has 2 aromatic carbocycles. The average Bonchev–Trinajstić information content (AvgIpc) is 2.58. The SMILES string of the molecule is CCNc1ccc(S(=O)(=O)N(C)C)cc1NC(=O)c1cc(Cl)ccc1F. The number of nitrogens with one attached hydrogen (secondary N) is 2. The van der Waals surface area contributed by atoms with E-state index in [9.17, 15) is 17.6 Å². The Labute approximate surface area is 157 Å². The average molecular weight is 400 g/mol. The monoisotopic (exact) mass is 399 g/mol. The summed E-state index contributed by atoms with van der Waals surface area (Å²) in [5.41, 5.74) is 0.501. The van der Waals surface area contributed by atoms with Crippen molar-refractivity contribution in [3.8, 4) is 0 Å². The van der Waals surface area contributed by atoms with Crippen molar-refractivity contribution >= 4 is 38.9 Å². The largest absolute Gasteiger partial charge is 0.384 e. The minimum atomic E-state index is -3.69. The highest BCUT2D eigenvalue weighted by atomic mass is 35.5. The van der Waals surface area contributed by atoms with Crippen LogP contribution in [0.3, 0.4) is 0 Å². The van der Waals surface area contributed by atoms with E-state index in [4.69, 9.17) is 11.6 Å². The summed E-state index contributed by atoms with van der Waals surface area (Å²) in [4.78, 5) is 12.4.